The zero-order valence-electron chi connectivity index (χ0n) is 14.1. The molecule has 0 saturated carbocycles. The van der Waals surface area contributed by atoms with Gasteiger partial charge in [-0.15, -0.1) is 12.0 Å². The van der Waals surface area contributed by atoms with E-state index in [0.717, 1.165) is 12.8 Å². The molecule has 1 heteroatoms. The Balaban J connectivity index is 0.000000223. The Bertz CT molecular complexity index is 582. The molecule has 0 amide bonds. The quantitative estimate of drug-likeness (QED) is 0.297. The fraction of sp³-hybridized carbons (Fsp3) is 0.273. The Kier molecular flexibility index (Phi) is 9.78. The molecule has 0 aliphatic heterocycles. The third-order valence-corrected chi connectivity index (χ3v) is 3.70. The SMILES string of the molecule is CCCC.[C-]1=CC=CC1.[Hf].[c-]1cccc2c1Cc1ccccc1-2. The fourth-order valence-electron chi connectivity index (χ4n) is 2.34. The van der Waals surface area contributed by atoms with Crippen LogP contribution < -0.4 is 0 Å². The van der Waals surface area contributed by atoms with Crippen LogP contribution in [0.25, 0.3) is 11.1 Å². The van der Waals surface area contributed by atoms with Gasteiger partial charge < -0.3 is 0 Å². The number of hydrogen-bond donors (Lipinski definition) is 0. The second-order valence-corrected chi connectivity index (χ2v) is 5.40. The molecule has 2 aromatic carbocycles. The van der Waals surface area contributed by atoms with Crippen molar-refractivity contribution in [2.75, 3.05) is 0 Å². The molecule has 0 heterocycles. The zero-order chi connectivity index (χ0) is 15.6. The summed E-state index contributed by atoms with van der Waals surface area (Å²) in [5, 5.41) is 0. The van der Waals surface area contributed by atoms with E-state index in [1.807, 2.05) is 18.2 Å². The van der Waals surface area contributed by atoms with Crippen molar-refractivity contribution < 1.29 is 25.8 Å². The summed E-state index contributed by atoms with van der Waals surface area (Å²) in [5.41, 5.74) is 5.51. The first-order valence-electron chi connectivity index (χ1n) is 8.16. The molecule has 0 nitrogen and oxygen atoms in total. The predicted octanol–water partition coefficient (Wildman–Crippen LogP) is 6.17. The van der Waals surface area contributed by atoms with E-state index in [1.165, 1.54) is 35.1 Å². The third kappa shape index (κ3) is 6.06. The summed E-state index contributed by atoms with van der Waals surface area (Å²) in [6.07, 6.45) is 13.7. The van der Waals surface area contributed by atoms with Crippen LogP contribution in [0.4, 0.5) is 0 Å². The van der Waals surface area contributed by atoms with Crippen molar-refractivity contribution in [3.63, 3.8) is 0 Å². The van der Waals surface area contributed by atoms with Crippen LogP contribution in [-0.2, 0) is 32.3 Å². The van der Waals surface area contributed by atoms with Crippen LogP contribution in [0.2, 0.25) is 0 Å². The normalized spacial score (nSPS) is 12.1. The summed E-state index contributed by atoms with van der Waals surface area (Å²) in [6, 6.07) is 18.1. The largest absolute Gasteiger partial charge is 0.273 e. The van der Waals surface area contributed by atoms with Gasteiger partial charge in [-0.05, 0) is 6.42 Å². The van der Waals surface area contributed by atoms with Gasteiger partial charge in [-0.2, -0.15) is 35.9 Å². The topological polar surface area (TPSA) is 0 Å². The first-order chi connectivity index (χ1) is 10.9. The van der Waals surface area contributed by atoms with Gasteiger partial charge >= 0.3 is 0 Å². The van der Waals surface area contributed by atoms with E-state index < -0.39 is 0 Å². The summed E-state index contributed by atoms with van der Waals surface area (Å²) in [6.45, 7) is 4.36. The Labute approximate surface area is 160 Å². The average molecular weight is 467 g/mol. The number of unbranched alkanes of at least 4 members (excludes halogenated alkanes) is 1. The number of hydrogen-bond acceptors (Lipinski definition) is 0. The van der Waals surface area contributed by atoms with Gasteiger partial charge in [0.05, 0.1) is 0 Å². The van der Waals surface area contributed by atoms with Crippen LogP contribution in [0.1, 0.15) is 44.2 Å². The molecule has 0 fully saturated rings. The summed E-state index contributed by atoms with van der Waals surface area (Å²) in [7, 11) is 0. The standard InChI is InChI=1S/C13H9.C5H5.C4H10.Hf/c1-3-7-12-10(5-1)9-11-6-2-4-8-13(11)12;1-2-4-5-3-1;1-3-4-2;/h1-5,7-8H,9H2;1-3H,4H2;3-4H2,1-2H3;/q2*-1;;. The maximum absolute atomic E-state index is 3.30. The molecule has 2 aliphatic carbocycles. The molecular weight excluding hydrogens is 443 g/mol. The molecule has 23 heavy (non-hydrogen) atoms. The van der Waals surface area contributed by atoms with Crippen LogP contribution in [0.3, 0.4) is 0 Å². The molecule has 2 aromatic rings. The van der Waals surface area contributed by atoms with Gasteiger partial charge in [0, 0.05) is 25.8 Å². The molecule has 4 rings (SSSR count). The van der Waals surface area contributed by atoms with Crippen molar-refractivity contribution in [2.45, 2.75) is 39.5 Å². The predicted molar refractivity (Wildman–Crippen MR) is 95.7 cm³/mol. The average Bonchev–Trinajstić information content (AvgIpc) is 3.26. The van der Waals surface area contributed by atoms with E-state index in [-0.39, 0.29) is 25.8 Å². The number of fused-ring (bicyclic) bond motifs is 3. The minimum Gasteiger partial charge on any atom is -0.273 e. The third-order valence-electron chi connectivity index (χ3n) is 3.70. The van der Waals surface area contributed by atoms with Crippen LogP contribution in [-0.4, -0.2) is 0 Å². The molecule has 0 spiro atoms. The van der Waals surface area contributed by atoms with Gasteiger partial charge in [-0.25, -0.2) is 12.2 Å². The monoisotopic (exact) mass is 468 g/mol. The van der Waals surface area contributed by atoms with Crippen LogP contribution >= 0.6 is 0 Å². The van der Waals surface area contributed by atoms with Crippen LogP contribution in [0.15, 0.2) is 60.7 Å². The van der Waals surface area contributed by atoms with Gasteiger partial charge in [0.25, 0.3) is 0 Å². The fourth-order valence-corrected chi connectivity index (χ4v) is 2.34. The van der Waals surface area contributed by atoms with Crippen LogP contribution in [0.5, 0.6) is 0 Å². The van der Waals surface area contributed by atoms with Gasteiger partial charge in [0.2, 0.25) is 0 Å². The Morgan fingerprint density at radius 1 is 0.957 bits per heavy atom. The number of benzene rings is 2. The molecule has 0 saturated heterocycles. The van der Waals surface area contributed by atoms with E-state index in [0.29, 0.717) is 0 Å². The van der Waals surface area contributed by atoms with Gasteiger partial charge in [0.15, 0.2) is 0 Å². The first-order valence-corrected chi connectivity index (χ1v) is 8.16. The number of allylic oxidation sites excluding steroid dienone is 4. The molecule has 0 aromatic heterocycles. The zero-order valence-corrected chi connectivity index (χ0v) is 17.7. The molecule has 118 valence electrons. The molecule has 0 N–H and O–H groups in total. The summed E-state index contributed by atoms with van der Waals surface area (Å²) < 4.78 is 0. The number of rotatable bonds is 1. The second kappa shape index (κ2) is 11.3. The molecular formula is C22H24Hf-2. The van der Waals surface area contributed by atoms with Crippen LogP contribution in [0, 0.1) is 12.1 Å². The van der Waals surface area contributed by atoms with E-state index in [1.54, 1.807) is 0 Å². The minimum atomic E-state index is 0. The van der Waals surface area contributed by atoms with Crippen molar-refractivity contribution in [3.05, 3.63) is 84.0 Å². The minimum absolute atomic E-state index is 0. The first kappa shape index (κ1) is 19.8. The van der Waals surface area contributed by atoms with E-state index in [2.05, 4.69) is 68.5 Å². The summed E-state index contributed by atoms with van der Waals surface area (Å²) in [4.78, 5) is 0. The molecule has 0 radical (unpaired) electrons. The Hall–Kier alpha value is -1.21. The molecule has 2 aliphatic rings. The van der Waals surface area contributed by atoms with Gasteiger partial charge in [-0.1, -0.05) is 62.1 Å². The molecule has 0 atom stereocenters. The summed E-state index contributed by atoms with van der Waals surface area (Å²) in [5.74, 6) is 0. The van der Waals surface area contributed by atoms with E-state index >= 15 is 0 Å². The smallest absolute Gasteiger partial charge is 0 e. The summed E-state index contributed by atoms with van der Waals surface area (Å²) >= 11 is 0. The maximum Gasteiger partial charge on any atom is 0 e. The second-order valence-electron chi connectivity index (χ2n) is 5.40. The van der Waals surface area contributed by atoms with Gasteiger partial charge in [-0.3, -0.25) is 6.08 Å². The maximum atomic E-state index is 3.30. The van der Waals surface area contributed by atoms with Gasteiger partial charge in [0.1, 0.15) is 0 Å². The molecule has 0 unspecified atom stereocenters. The van der Waals surface area contributed by atoms with E-state index in [9.17, 15) is 0 Å². The van der Waals surface area contributed by atoms with Crippen molar-refractivity contribution in [2.24, 2.45) is 0 Å². The van der Waals surface area contributed by atoms with Crippen molar-refractivity contribution in [1.82, 2.24) is 0 Å². The van der Waals surface area contributed by atoms with Crippen molar-refractivity contribution >= 4 is 0 Å². The van der Waals surface area contributed by atoms with E-state index in [4.69, 9.17) is 0 Å². The molecule has 0 bridgehead atoms. The Morgan fingerprint density at radius 3 is 2.30 bits per heavy atom. The Morgan fingerprint density at radius 2 is 1.70 bits per heavy atom. The van der Waals surface area contributed by atoms with Crippen molar-refractivity contribution in [1.29, 1.82) is 0 Å². The van der Waals surface area contributed by atoms with Crippen molar-refractivity contribution in [3.8, 4) is 11.1 Å².